The molecule has 0 unspecified atom stereocenters. The predicted octanol–water partition coefficient (Wildman–Crippen LogP) is 12.3. The summed E-state index contributed by atoms with van der Waals surface area (Å²) in [5, 5.41) is 17.1. The first-order chi connectivity index (χ1) is 37.8. The lowest BCUT2D eigenvalue weighted by Gasteiger charge is -2.30. The number of amides is 2. The van der Waals surface area contributed by atoms with Crippen molar-refractivity contribution in [3.63, 3.8) is 0 Å². The fourth-order valence-corrected chi connectivity index (χ4v) is 10.7. The van der Waals surface area contributed by atoms with Crippen LogP contribution in [0.4, 0.5) is 22.4 Å². The molecule has 18 nitrogen and oxygen atoms in total. The number of carbonyl (C=O) groups excluding carboxylic acids is 3. The lowest BCUT2D eigenvalue weighted by molar-refractivity contribution is 0.0194. The zero-order valence-corrected chi connectivity index (χ0v) is 49.9. The second kappa shape index (κ2) is 24.9. The first kappa shape index (κ1) is 58.7. The van der Waals surface area contributed by atoms with Gasteiger partial charge in [-0.05, 0) is 118 Å². The molecule has 2 aliphatic heterocycles. The number of ether oxygens (including phenoxy) is 1. The number of hydrogen-bond donors (Lipinski definition) is 3. The zero-order chi connectivity index (χ0) is 57.5. The molecule has 80 heavy (non-hydrogen) atoms. The van der Waals surface area contributed by atoms with Crippen molar-refractivity contribution in [3.05, 3.63) is 144 Å². The topological polar surface area (TPSA) is 227 Å². The molecule has 2 aliphatic rings. The van der Waals surface area contributed by atoms with Gasteiger partial charge in [0.1, 0.15) is 16.3 Å². The smallest absolute Gasteiger partial charge is 0.410 e. The van der Waals surface area contributed by atoms with Gasteiger partial charge >= 0.3 is 6.09 Å². The Bertz CT molecular complexity index is 3470. The minimum absolute atomic E-state index is 0.0283. The van der Waals surface area contributed by atoms with Crippen molar-refractivity contribution in [2.45, 2.75) is 151 Å². The highest BCUT2D eigenvalue weighted by molar-refractivity contribution is 7.14. The summed E-state index contributed by atoms with van der Waals surface area (Å²) in [5.41, 5.74) is 14.9. The number of aromatic nitrogens is 10. The normalized spacial score (nSPS) is 13.2. The van der Waals surface area contributed by atoms with Crippen molar-refractivity contribution >= 4 is 69.6 Å². The number of ketones is 1. The van der Waals surface area contributed by atoms with Crippen LogP contribution in [-0.4, -0.2) is 84.3 Å². The van der Waals surface area contributed by atoms with Gasteiger partial charge in [0.25, 0.3) is 5.91 Å². The number of thiazole rings is 2. The maximum atomic E-state index is 12.7. The minimum atomic E-state index is -0.544. The molecule has 6 aromatic heterocycles. The maximum absolute atomic E-state index is 12.7. The number of hydrogen-bond acceptors (Lipinski definition) is 16. The van der Waals surface area contributed by atoms with Crippen LogP contribution in [0, 0.1) is 13.8 Å². The van der Waals surface area contributed by atoms with Gasteiger partial charge in [0.15, 0.2) is 11.6 Å². The van der Waals surface area contributed by atoms with Crippen molar-refractivity contribution in [1.82, 2.24) is 59.7 Å². The number of anilines is 3. The molecule has 8 aromatic rings. The third kappa shape index (κ3) is 15.7. The molecule has 0 spiro atoms. The van der Waals surface area contributed by atoms with E-state index in [1.165, 1.54) is 41.2 Å². The quantitative estimate of drug-likeness (QED) is 0.0809. The van der Waals surface area contributed by atoms with Crippen molar-refractivity contribution in [2.75, 3.05) is 17.6 Å². The van der Waals surface area contributed by atoms with E-state index in [0.29, 0.717) is 61.5 Å². The fraction of sp³-hybridized carbons (Fsp3) is 0.407. The first-order valence-electron chi connectivity index (χ1n) is 26.7. The SMILES string of the molecule is Cc1cc(-c2ccnc(Cl)n2)ccc1CCC(=O)c1cnc(C(C)(C)C)s1.Cc1cc(-c2ccnc(Nc3cc4n(n3)CCN(C(=O)OC(C)(C)C)C4)n2)ccc1CNC(=O)c1cnc(C(C)(C)C)s1.Nc1cc2n(n1)CCCC2. The van der Waals surface area contributed by atoms with Crippen LogP contribution in [0.2, 0.25) is 5.28 Å². The third-order valence-corrected chi connectivity index (χ3v) is 16.1. The van der Waals surface area contributed by atoms with E-state index in [1.54, 1.807) is 29.7 Å². The van der Waals surface area contributed by atoms with Crippen molar-refractivity contribution < 1.29 is 19.1 Å². The second-order valence-corrected chi connectivity index (χ2v) is 25.3. The molecule has 4 N–H and O–H groups in total. The lowest BCUT2D eigenvalue weighted by atomic mass is 9.98. The van der Waals surface area contributed by atoms with Crippen LogP contribution in [0.1, 0.15) is 145 Å². The fourth-order valence-electron chi connectivity index (χ4n) is 8.74. The molecule has 21 heteroatoms. The summed E-state index contributed by atoms with van der Waals surface area (Å²) < 4.78 is 9.41. The van der Waals surface area contributed by atoms with Crippen molar-refractivity contribution in [3.8, 4) is 22.5 Å². The number of nitrogens with one attached hydrogen (secondary N) is 2. The summed E-state index contributed by atoms with van der Waals surface area (Å²) in [6.45, 7) is 25.2. The number of carbonyl (C=O) groups is 3. The molecule has 0 fully saturated rings. The van der Waals surface area contributed by atoms with E-state index >= 15 is 0 Å². The van der Waals surface area contributed by atoms with Gasteiger partial charge in [-0.2, -0.15) is 10.2 Å². The predicted molar refractivity (Wildman–Crippen MR) is 317 cm³/mol. The number of Topliss-reactive ketones (excluding diaryl/α,β-unsaturated/α-hetero) is 1. The highest BCUT2D eigenvalue weighted by atomic mass is 35.5. The summed E-state index contributed by atoms with van der Waals surface area (Å²) in [6, 6.07) is 19.8. The van der Waals surface area contributed by atoms with Crippen LogP contribution in [0.5, 0.6) is 0 Å². The summed E-state index contributed by atoms with van der Waals surface area (Å²) in [7, 11) is 0. The molecule has 10 rings (SSSR count). The van der Waals surface area contributed by atoms with E-state index in [1.807, 2.05) is 79.5 Å². The van der Waals surface area contributed by atoms with Gasteiger partial charge in [0, 0.05) is 84.4 Å². The number of nitrogens with zero attached hydrogens (tertiary/aromatic N) is 11. The number of rotatable bonds is 11. The summed E-state index contributed by atoms with van der Waals surface area (Å²) >= 11 is 8.80. The van der Waals surface area contributed by atoms with Crippen molar-refractivity contribution in [2.24, 2.45) is 0 Å². The third-order valence-electron chi connectivity index (χ3n) is 13.0. The standard InChI is InChI=1S/C31H38N8O3S.C21H22ClN3OS.C7H11N3/c1-19-14-20(8-9-21(19)16-33-26(40)24-17-34-27(43-24)30(2,3)4)23-10-11-32-28(35-23)36-25-15-22-18-38(12-13-39(22)37-25)29(41)42-31(5,6)7;1-13-11-15(16-9-10-23-20(22)25-16)6-5-14(13)7-8-17(26)18-12-24-19(27-18)21(2,3)4;8-7-5-6-3-1-2-4-10(6)9-7/h8-11,14-15,17H,12-13,16,18H2,1-7H3,(H,33,40)(H,32,35,36,37);5-6,9-12H,7-8H2,1-4H3;5H,1-4H2,(H2,8,9). The van der Waals surface area contributed by atoms with E-state index < -0.39 is 5.60 Å². The van der Waals surface area contributed by atoms with E-state index in [-0.39, 0.29) is 33.9 Å². The highest BCUT2D eigenvalue weighted by Gasteiger charge is 2.28. The Hall–Kier alpha value is -7.42. The largest absolute Gasteiger partial charge is 0.444 e. The van der Waals surface area contributed by atoms with E-state index in [0.717, 1.165) is 78.3 Å². The lowest BCUT2D eigenvalue weighted by Crippen LogP contribution is -2.41. The Morgan fingerprint density at radius 2 is 1.32 bits per heavy atom. The number of aryl methyl sites for hydroxylation is 5. The van der Waals surface area contributed by atoms with Gasteiger partial charge < -0.3 is 26.0 Å². The van der Waals surface area contributed by atoms with Crippen LogP contribution in [0.15, 0.2) is 85.5 Å². The van der Waals surface area contributed by atoms with Crippen LogP contribution < -0.4 is 16.4 Å². The molecule has 0 atom stereocenters. The van der Waals surface area contributed by atoms with Gasteiger partial charge in [-0.3, -0.25) is 19.0 Å². The van der Waals surface area contributed by atoms with Crippen LogP contribution in [0.25, 0.3) is 22.5 Å². The average molecular weight is 1140 g/mol. The monoisotopic (exact) mass is 1140 g/mol. The summed E-state index contributed by atoms with van der Waals surface area (Å²) in [4.78, 5) is 66.9. The average Bonchev–Trinajstić information content (AvgIpc) is 4.24. The molecule has 0 saturated carbocycles. The van der Waals surface area contributed by atoms with Gasteiger partial charge in [0.2, 0.25) is 11.2 Å². The number of nitrogens with two attached hydrogens (primary N) is 1. The molecule has 0 saturated heterocycles. The Morgan fingerprint density at radius 3 is 1.95 bits per heavy atom. The molecule has 0 aliphatic carbocycles. The van der Waals surface area contributed by atoms with Gasteiger partial charge in [0.05, 0.1) is 51.3 Å². The highest BCUT2D eigenvalue weighted by Crippen LogP contribution is 2.30. The van der Waals surface area contributed by atoms with Crippen molar-refractivity contribution in [1.29, 1.82) is 0 Å². The summed E-state index contributed by atoms with van der Waals surface area (Å²) in [6.07, 6.45) is 11.2. The molecule has 8 heterocycles. The van der Waals surface area contributed by atoms with Gasteiger partial charge in [-0.1, -0.05) is 65.8 Å². The number of halogens is 1. The van der Waals surface area contributed by atoms with Crippen LogP contribution in [-0.2, 0) is 54.6 Å². The Kier molecular flexibility index (Phi) is 18.3. The first-order valence-corrected chi connectivity index (χ1v) is 28.8. The summed E-state index contributed by atoms with van der Waals surface area (Å²) in [5.74, 6) is 1.72. The number of nitrogen functional groups attached to an aromatic ring is 1. The van der Waals surface area contributed by atoms with E-state index in [2.05, 4.69) is 112 Å². The van der Waals surface area contributed by atoms with E-state index in [4.69, 9.17) is 27.1 Å². The molecular weight excluding hydrogens is 1070 g/mol. The van der Waals surface area contributed by atoms with E-state index in [9.17, 15) is 14.4 Å². The van der Waals surface area contributed by atoms with Crippen LogP contribution in [0.3, 0.4) is 0 Å². The Labute approximate surface area is 481 Å². The molecule has 0 radical (unpaired) electrons. The van der Waals surface area contributed by atoms with Gasteiger partial charge in [-0.25, -0.2) is 34.7 Å². The zero-order valence-electron chi connectivity index (χ0n) is 47.5. The Morgan fingerprint density at radius 1 is 0.700 bits per heavy atom. The molecule has 2 aromatic carbocycles. The molecule has 0 bridgehead atoms. The minimum Gasteiger partial charge on any atom is -0.444 e. The number of benzene rings is 2. The molecule has 420 valence electrons. The second-order valence-electron chi connectivity index (χ2n) is 22.9. The molecule has 2 amide bonds. The number of fused-ring (bicyclic) bond motifs is 2. The van der Waals surface area contributed by atoms with Gasteiger partial charge in [-0.15, -0.1) is 22.7 Å². The van der Waals surface area contributed by atoms with Crippen LogP contribution >= 0.6 is 34.3 Å². The Balaban J connectivity index is 0.000000191. The maximum Gasteiger partial charge on any atom is 0.410 e. The molecular formula is C59H71ClN14O4S2.